The SMILES string of the molecule is c1ccc(-c2nc(-c3ccccc3)nc(-n3c(-c4ccc(-c5ccc(-n6c7ccccc7c7ccccc76)cc5)cc4)cc4ccccc43)n2)cc1. The summed E-state index contributed by atoms with van der Waals surface area (Å²) in [6, 6.07) is 65.7. The van der Waals surface area contributed by atoms with Crippen LogP contribution in [-0.2, 0) is 0 Å². The lowest BCUT2D eigenvalue weighted by Crippen LogP contribution is -2.07. The number of hydrogen-bond donors (Lipinski definition) is 0. The first-order valence-electron chi connectivity index (χ1n) is 17.5. The third-order valence-electron chi connectivity index (χ3n) is 9.82. The van der Waals surface area contributed by atoms with E-state index in [0.717, 1.165) is 50.1 Å². The van der Waals surface area contributed by atoms with Gasteiger partial charge in [0, 0.05) is 33.0 Å². The van der Waals surface area contributed by atoms with E-state index in [4.69, 9.17) is 15.0 Å². The topological polar surface area (TPSA) is 48.5 Å². The number of nitrogens with zero attached hydrogens (tertiary/aromatic N) is 5. The molecule has 0 aliphatic carbocycles. The second-order valence-electron chi connectivity index (χ2n) is 12.9. The highest BCUT2D eigenvalue weighted by Gasteiger charge is 2.18. The predicted octanol–water partition coefficient (Wildman–Crippen LogP) is 11.6. The molecule has 3 heterocycles. The van der Waals surface area contributed by atoms with E-state index >= 15 is 0 Å². The van der Waals surface area contributed by atoms with Gasteiger partial charge in [0.15, 0.2) is 11.6 Å². The molecule has 0 amide bonds. The molecule has 0 radical (unpaired) electrons. The van der Waals surface area contributed by atoms with Gasteiger partial charge in [-0.3, -0.25) is 4.57 Å². The first-order chi connectivity index (χ1) is 25.8. The van der Waals surface area contributed by atoms with Gasteiger partial charge in [-0.05, 0) is 53.1 Å². The zero-order valence-corrected chi connectivity index (χ0v) is 28.1. The number of benzene rings is 7. The molecule has 0 unspecified atom stereocenters. The van der Waals surface area contributed by atoms with Crippen molar-refractivity contribution in [1.29, 1.82) is 0 Å². The van der Waals surface area contributed by atoms with Crippen LogP contribution >= 0.6 is 0 Å². The molecular formula is C47H31N5. The molecule has 0 bridgehead atoms. The van der Waals surface area contributed by atoms with Crippen molar-refractivity contribution in [3.8, 4) is 56.8 Å². The molecule has 0 saturated heterocycles. The van der Waals surface area contributed by atoms with Gasteiger partial charge in [-0.1, -0.05) is 152 Å². The summed E-state index contributed by atoms with van der Waals surface area (Å²) in [6.45, 7) is 0. The molecule has 0 spiro atoms. The summed E-state index contributed by atoms with van der Waals surface area (Å²) < 4.78 is 4.51. The number of hydrogen-bond acceptors (Lipinski definition) is 3. The zero-order chi connectivity index (χ0) is 34.4. The van der Waals surface area contributed by atoms with Gasteiger partial charge >= 0.3 is 0 Å². The van der Waals surface area contributed by atoms with Gasteiger partial charge in [-0.2, -0.15) is 9.97 Å². The highest BCUT2D eigenvalue weighted by Crippen LogP contribution is 2.35. The van der Waals surface area contributed by atoms with E-state index in [9.17, 15) is 0 Å². The monoisotopic (exact) mass is 665 g/mol. The molecule has 244 valence electrons. The second kappa shape index (κ2) is 12.3. The Labute approximate surface area is 300 Å². The minimum Gasteiger partial charge on any atom is -0.309 e. The third kappa shape index (κ3) is 5.07. The molecule has 0 aliphatic heterocycles. The zero-order valence-electron chi connectivity index (χ0n) is 28.1. The van der Waals surface area contributed by atoms with Crippen LogP contribution in [0.15, 0.2) is 188 Å². The standard InChI is InChI=1S/C47H31N5/c1-3-13-35(14-4-1)45-48-46(36-15-5-2-6-16-36)50-47(49-45)52-41-20-10-7-17-37(41)31-44(52)34-25-23-32(24-26-34)33-27-29-38(30-28-33)51-42-21-11-8-18-39(42)40-19-9-12-22-43(40)51/h1-31H. The van der Waals surface area contributed by atoms with Crippen molar-refractivity contribution < 1.29 is 0 Å². The molecule has 10 aromatic rings. The Hall–Kier alpha value is -7.11. The number of para-hydroxylation sites is 3. The number of aromatic nitrogens is 5. The molecular weight excluding hydrogens is 635 g/mol. The van der Waals surface area contributed by atoms with Gasteiger partial charge in [-0.25, -0.2) is 4.98 Å². The molecule has 0 N–H and O–H groups in total. The quantitative estimate of drug-likeness (QED) is 0.178. The van der Waals surface area contributed by atoms with Gasteiger partial charge in [-0.15, -0.1) is 0 Å². The molecule has 0 atom stereocenters. The van der Waals surface area contributed by atoms with Gasteiger partial charge in [0.05, 0.1) is 22.2 Å². The molecule has 10 rings (SSSR count). The van der Waals surface area contributed by atoms with E-state index in [-0.39, 0.29) is 0 Å². The number of fused-ring (bicyclic) bond motifs is 4. The highest BCUT2D eigenvalue weighted by molar-refractivity contribution is 6.09. The fourth-order valence-corrected chi connectivity index (χ4v) is 7.32. The van der Waals surface area contributed by atoms with Crippen LogP contribution in [-0.4, -0.2) is 24.1 Å². The lowest BCUT2D eigenvalue weighted by atomic mass is 10.0. The van der Waals surface area contributed by atoms with Crippen molar-refractivity contribution in [3.05, 3.63) is 188 Å². The Morgan fingerprint density at radius 1 is 0.327 bits per heavy atom. The Balaban J connectivity index is 1.05. The normalized spacial score (nSPS) is 11.5. The average Bonchev–Trinajstić information content (AvgIpc) is 3.78. The molecule has 0 aliphatic rings. The summed E-state index contributed by atoms with van der Waals surface area (Å²) in [5, 5.41) is 3.64. The Morgan fingerprint density at radius 2 is 0.788 bits per heavy atom. The highest BCUT2D eigenvalue weighted by atomic mass is 15.2. The van der Waals surface area contributed by atoms with Crippen molar-refractivity contribution in [3.63, 3.8) is 0 Å². The molecule has 52 heavy (non-hydrogen) atoms. The summed E-state index contributed by atoms with van der Waals surface area (Å²) in [5.41, 5.74) is 10.9. The van der Waals surface area contributed by atoms with Gasteiger partial charge in [0.1, 0.15) is 0 Å². The lowest BCUT2D eigenvalue weighted by molar-refractivity contribution is 0.938. The molecule has 3 aromatic heterocycles. The fourth-order valence-electron chi connectivity index (χ4n) is 7.32. The third-order valence-corrected chi connectivity index (χ3v) is 9.82. The predicted molar refractivity (Wildman–Crippen MR) is 213 cm³/mol. The smallest absolute Gasteiger partial charge is 0.238 e. The average molecular weight is 666 g/mol. The largest absolute Gasteiger partial charge is 0.309 e. The van der Waals surface area contributed by atoms with Crippen LogP contribution in [0.2, 0.25) is 0 Å². The molecule has 7 aromatic carbocycles. The lowest BCUT2D eigenvalue weighted by Gasteiger charge is -2.13. The van der Waals surface area contributed by atoms with Crippen LogP contribution in [0.4, 0.5) is 0 Å². The maximum Gasteiger partial charge on any atom is 0.238 e. The number of rotatable bonds is 6. The minimum absolute atomic E-state index is 0.577. The maximum absolute atomic E-state index is 5.08. The van der Waals surface area contributed by atoms with Crippen LogP contribution in [0.1, 0.15) is 0 Å². The Kier molecular flexibility index (Phi) is 7.07. The van der Waals surface area contributed by atoms with Crippen LogP contribution in [0.3, 0.4) is 0 Å². The van der Waals surface area contributed by atoms with Crippen LogP contribution in [0, 0.1) is 0 Å². The van der Waals surface area contributed by atoms with E-state index in [1.54, 1.807) is 0 Å². The van der Waals surface area contributed by atoms with E-state index in [1.165, 1.54) is 21.8 Å². The van der Waals surface area contributed by atoms with Crippen LogP contribution < -0.4 is 0 Å². The van der Waals surface area contributed by atoms with Crippen molar-refractivity contribution >= 4 is 32.7 Å². The van der Waals surface area contributed by atoms with Crippen molar-refractivity contribution in [2.45, 2.75) is 0 Å². The molecule has 5 heteroatoms. The van der Waals surface area contributed by atoms with Crippen molar-refractivity contribution in [1.82, 2.24) is 24.1 Å². The fraction of sp³-hybridized carbons (Fsp3) is 0. The van der Waals surface area contributed by atoms with Crippen molar-refractivity contribution in [2.75, 3.05) is 0 Å². The van der Waals surface area contributed by atoms with E-state index in [1.807, 2.05) is 60.7 Å². The van der Waals surface area contributed by atoms with Gasteiger partial charge < -0.3 is 4.57 Å². The molecule has 0 saturated carbocycles. The van der Waals surface area contributed by atoms with Crippen molar-refractivity contribution in [2.24, 2.45) is 0 Å². The van der Waals surface area contributed by atoms with Crippen LogP contribution in [0.5, 0.6) is 0 Å². The minimum atomic E-state index is 0.577. The summed E-state index contributed by atoms with van der Waals surface area (Å²) in [6.07, 6.45) is 0. The molecule has 5 nitrogen and oxygen atoms in total. The van der Waals surface area contributed by atoms with E-state index in [2.05, 4.69) is 137 Å². The Bertz CT molecular complexity index is 2760. The first kappa shape index (κ1) is 29.8. The Morgan fingerprint density at radius 3 is 1.37 bits per heavy atom. The summed E-state index contributed by atoms with van der Waals surface area (Å²) in [4.78, 5) is 15.1. The summed E-state index contributed by atoms with van der Waals surface area (Å²) >= 11 is 0. The maximum atomic E-state index is 5.08. The second-order valence-corrected chi connectivity index (χ2v) is 12.9. The van der Waals surface area contributed by atoms with E-state index in [0.29, 0.717) is 17.6 Å². The van der Waals surface area contributed by atoms with E-state index < -0.39 is 0 Å². The van der Waals surface area contributed by atoms with Gasteiger partial charge in [0.25, 0.3) is 0 Å². The first-order valence-corrected chi connectivity index (χ1v) is 17.5. The van der Waals surface area contributed by atoms with Crippen LogP contribution in [0.25, 0.3) is 89.5 Å². The van der Waals surface area contributed by atoms with Gasteiger partial charge in [0.2, 0.25) is 5.95 Å². The summed E-state index contributed by atoms with van der Waals surface area (Å²) in [7, 11) is 0. The summed E-state index contributed by atoms with van der Waals surface area (Å²) in [5.74, 6) is 1.84. The molecule has 0 fully saturated rings.